The van der Waals surface area contributed by atoms with Crippen molar-refractivity contribution in [3.63, 3.8) is 0 Å². The Bertz CT molecular complexity index is 994. The second-order valence-corrected chi connectivity index (χ2v) is 8.23. The highest BCUT2D eigenvalue weighted by molar-refractivity contribution is 8.13. The lowest BCUT2D eigenvalue weighted by Crippen LogP contribution is -2.30. The molecule has 3 aromatic rings. The number of hydrogen-bond acceptors (Lipinski definition) is 5. The van der Waals surface area contributed by atoms with Crippen molar-refractivity contribution in [2.75, 3.05) is 7.11 Å². The Labute approximate surface area is 190 Å². The predicted molar refractivity (Wildman–Crippen MR) is 122 cm³/mol. The van der Waals surface area contributed by atoms with E-state index < -0.39 is 12.1 Å². The number of carbonyl (C=O) groups is 2. The summed E-state index contributed by atoms with van der Waals surface area (Å²) in [4.78, 5) is 25.9. The standard InChI is InChI=1S/C24H22ClNO4S/c1-29-20-11-13-21(14-12-20)31-23(27)15-22(18-7-9-19(25)10-8-18)26-24(28)30-16-17-5-3-2-4-6-17/h2-14,22H,15-16H2,1H3,(H,26,28)/t22-/m1/s1. The van der Waals surface area contributed by atoms with Crippen LogP contribution in [-0.4, -0.2) is 18.3 Å². The van der Waals surface area contributed by atoms with E-state index in [1.807, 2.05) is 42.5 Å². The number of rotatable bonds is 8. The van der Waals surface area contributed by atoms with E-state index in [-0.39, 0.29) is 18.1 Å². The minimum absolute atomic E-state index is 0.0894. The molecular formula is C24H22ClNO4S. The minimum atomic E-state index is -0.592. The van der Waals surface area contributed by atoms with Gasteiger partial charge < -0.3 is 14.8 Å². The zero-order chi connectivity index (χ0) is 22.1. The van der Waals surface area contributed by atoms with E-state index >= 15 is 0 Å². The fourth-order valence-electron chi connectivity index (χ4n) is 2.84. The van der Waals surface area contributed by atoms with Gasteiger partial charge in [0.05, 0.1) is 13.2 Å². The van der Waals surface area contributed by atoms with Crippen molar-refractivity contribution in [1.29, 1.82) is 0 Å². The summed E-state index contributed by atoms with van der Waals surface area (Å²) in [6, 6.07) is 23.1. The van der Waals surface area contributed by atoms with Crippen LogP contribution in [0.3, 0.4) is 0 Å². The topological polar surface area (TPSA) is 64.6 Å². The van der Waals surface area contributed by atoms with Gasteiger partial charge in [-0.2, -0.15) is 0 Å². The van der Waals surface area contributed by atoms with E-state index in [0.717, 1.165) is 33.5 Å². The maximum Gasteiger partial charge on any atom is 0.407 e. The Morgan fingerprint density at radius 3 is 2.29 bits per heavy atom. The Morgan fingerprint density at radius 1 is 0.968 bits per heavy atom. The van der Waals surface area contributed by atoms with Crippen molar-refractivity contribution in [3.05, 3.63) is 95.0 Å². The highest BCUT2D eigenvalue weighted by Gasteiger charge is 2.20. The van der Waals surface area contributed by atoms with Crippen molar-refractivity contribution < 1.29 is 19.1 Å². The minimum Gasteiger partial charge on any atom is -0.497 e. The van der Waals surface area contributed by atoms with Crippen molar-refractivity contribution in [2.24, 2.45) is 0 Å². The summed E-state index contributed by atoms with van der Waals surface area (Å²) in [5, 5.41) is 3.29. The van der Waals surface area contributed by atoms with Gasteiger partial charge in [-0.05, 0) is 47.5 Å². The molecule has 0 saturated heterocycles. The zero-order valence-electron chi connectivity index (χ0n) is 16.9. The van der Waals surface area contributed by atoms with Crippen LogP contribution in [-0.2, 0) is 16.1 Å². The second kappa shape index (κ2) is 11.4. The maximum atomic E-state index is 12.7. The summed E-state index contributed by atoms with van der Waals surface area (Å²) >= 11 is 7.10. The summed E-state index contributed by atoms with van der Waals surface area (Å²) in [5.74, 6) is 0.721. The van der Waals surface area contributed by atoms with Crippen LogP contribution in [0.5, 0.6) is 5.75 Å². The SMILES string of the molecule is COc1ccc(SC(=O)C[C@@H](NC(=O)OCc2ccccc2)c2ccc(Cl)cc2)cc1. The molecule has 31 heavy (non-hydrogen) atoms. The fraction of sp³-hybridized carbons (Fsp3) is 0.167. The number of halogens is 1. The number of alkyl carbamates (subject to hydrolysis) is 1. The Morgan fingerprint density at radius 2 is 1.65 bits per heavy atom. The van der Waals surface area contributed by atoms with E-state index in [2.05, 4.69) is 5.32 Å². The highest BCUT2D eigenvalue weighted by atomic mass is 35.5. The van der Waals surface area contributed by atoms with Gasteiger partial charge in [0.15, 0.2) is 5.12 Å². The van der Waals surface area contributed by atoms with Gasteiger partial charge in [0.1, 0.15) is 12.4 Å². The third kappa shape index (κ3) is 7.35. The Balaban J connectivity index is 1.64. The zero-order valence-corrected chi connectivity index (χ0v) is 18.5. The summed E-state index contributed by atoms with van der Waals surface area (Å²) in [7, 11) is 1.59. The third-order valence-electron chi connectivity index (χ3n) is 4.44. The van der Waals surface area contributed by atoms with E-state index in [1.54, 1.807) is 43.5 Å². The number of ether oxygens (including phenoxy) is 2. The second-order valence-electron chi connectivity index (χ2n) is 6.66. The lowest BCUT2D eigenvalue weighted by Gasteiger charge is -2.18. The molecule has 0 fully saturated rings. The number of benzene rings is 3. The third-order valence-corrected chi connectivity index (χ3v) is 5.59. The number of methoxy groups -OCH3 is 1. The first-order chi connectivity index (χ1) is 15.0. The molecule has 1 amide bonds. The maximum absolute atomic E-state index is 12.7. The number of hydrogen-bond donors (Lipinski definition) is 1. The molecule has 1 atom stereocenters. The molecule has 0 radical (unpaired) electrons. The molecule has 0 aliphatic carbocycles. The molecule has 160 valence electrons. The summed E-state index contributed by atoms with van der Waals surface area (Å²) in [6.07, 6.45) is -0.496. The molecule has 0 bridgehead atoms. The smallest absolute Gasteiger partial charge is 0.407 e. The molecule has 0 spiro atoms. The van der Waals surface area contributed by atoms with Gasteiger partial charge in [-0.15, -0.1) is 0 Å². The fourth-order valence-corrected chi connectivity index (χ4v) is 3.75. The first-order valence-corrected chi connectivity index (χ1v) is 10.8. The molecular weight excluding hydrogens is 434 g/mol. The molecule has 0 unspecified atom stereocenters. The molecule has 3 aromatic carbocycles. The predicted octanol–water partition coefficient (Wildman–Crippen LogP) is 6.03. The first kappa shape index (κ1) is 22.7. The van der Waals surface area contributed by atoms with Crippen molar-refractivity contribution in [2.45, 2.75) is 24.0 Å². The Hall–Kier alpha value is -2.96. The highest BCUT2D eigenvalue weighted by Crippen LogP contribution is 2.27. The van der Waals surface area contributed by atoms with Crippen molar-refractivity contribution >= 4 is 34.6 Å². The average molecular weight is 456 g/mol. The summed E-state index contributed by atoms with van der Waals surface area (Å²) < 4.78 is 10.5. The monoisotopic (exact) mass is 455 g/mol. The molecule has 0 aliphatic heterocycles. The van der Waals surface area contributed by atoms with E-state index in [1.165, 1.54) is 0 Å². The van der Waals surface area contributed by atoms with Gasteiger partial charge in [0.2, 0.25) is 0 Å². The molecule has 3 rings (SSSR count). The van der Waals surface area contributed by atoms with Crippen LogP contribution in [0.2, 0.25) is 5.02 Å². The van der Waals surface area contributed by atoms with Crippen LogP contribution in [0.1, 0.15) is 23.6 Å². The number of amides is 1. The van der Waals surface area contributed by atoms with E-state index in [4.69, 9.17) is 21.1 Å². The molecule has 0 aliphatic rings. The number of carbonyl (C=O) groups excluding carboxylic acids is 2. The van der Waals surface area contributed by atoms with Gasteiger partial charge in [-0.3, -0.25) is 4.79 Å². The molecule has 7 heteroatoms. The molecule has 0 aromatic heterocycles. The molecule has 1 N–H and O–H groups in total. The van der Waals surface area contributed by atoms with E-state index in [0.29, 0.717) is 5.02 Å². The van der Waals surface area contributed by atoms with Crippen LogP contribution in [0.25, 0.3) is 0 Å². The molecule has 0 saturated carbocycles. The van der Waals surface area contributed by atoms with Crippen LogP contribution in [0.15, 0.2) is 83.8 Å². The lowest BCUT2D eigenvalue weighted by atomic mass is 10.0. The summed E-state index contributed by atoms with van der Waals surface area (Å²) in [5.41, 5.74) is 1.65. The van der Waals surface area contributed by atoms with Crippen LogP contribution in [0.4, 0.5) is 4.79 Å². The number of nitrogens with one attached hydrogen (secondary N) is 1. The number of thioether (sulfide) groups is 1. The van der Waals surface area contributed by atoms with Gasteiger partial charge in [0.25, 0.3) is 0 Å². The van der Waals surface area contributed by atoms with Gasteiger partial charge in [-0.1, -0.05) is 65.8 Å². The average Bonchev–Trinajstić information content (AvgIpc) is 2.79. The summed E-state index contributed by atoms with van der Waals surface area (Å²) in [6.45, 7) is 0.147. The van der Waals surface area contributed by atoms with Crippen molar-refractivity contribution in [1.82, 2.24) is 5.32 Å². The van der Waals surface area contributed by atoms with Gasteiger partial charge in [-0.25, -0.2) is 4.79 Å². The normalized spacial score (nSPS) is 11.4. The largest absolute Gasteiger partial charge is 0.497 e. The molecule has 0 heterocycles. The Kier molecular flexibility index (Phi) is 8.38. The van der Waals surface area contributed by atoms with Crippen molar-refractivity contribution in [3.8, 4) is 5.75 Å². The van der Waals surface area contributed by atoms with Crippen LogP contribution < -0.4 is 10.1 Å². The van der Waals surface area contributed by atoms with Crippen LogP contribution >= 0.6 is 23.4 Å². The van der Waals surface area contributed by atoms with Gasteiger partial charge >= 0.3 is 6.09 Å². The quantitative estimate of drug-likeness (QED) is 0.420. The van der Waals surface area contributed by atoms with Crippen LogP contribution in [0, 0.1) is 0 Å². The first-order valence-electron chi connectivity index (χ1n) is 9.61. The molecule has 5 nitrogen and oxygen atoms in total. The lowest BCUT2D eigenvalue weighted by molar-refractivity contribution is -0.111. The van der Waals surface area contributed by atoms with E-state index in [9.17, 15) is 9.59 Å². The van der Waals surface area contributed by atoms with Gasteiger partial charge in [0, 0.05) is 16.3 Å².